The van der Waals surface area contributed by atoms with Gasteiger partial charge in [0, 0.05) is 6.07 Å². The van der Waals surface area contributed by atoms with E-state index in [0.29, 0.717) is 23.7 Å². The van der Waals surface area contributed by atoms with Crippen molar-refractivity contribution in [1.82, 2.24) is 5.32 Å². The molecule has 1 amide bonds. The molecule has 0 spiro atoms. The van der Waals surface area contributed by atoms with Crippen LogP contribution in [0.15, 0.2) is 36.4 Å². The fourth-order valence-electron chi connectivity index (χ4n) is 1.95. The lowest BCUT2D eigenvalue weighted by Crippen LogP contribution is -2.32. The van der Waals surface area contributed by atoms with Crippen LogP contribution in [0, 0.1) is 10.1 Å². The first-order valence-electron chi connectivity index (χ1n) is 8.03. The van der Waals surface area contributed by atoms with Crippen LogP contribution in [0.5, 0.6) is 11.5 Å². The first-order valence-corrected chi connectivity index (χ1v) is 8.85. The zero-order valence-electron chi connectivity index (χ0n) is 14.5. The predicted octanol–water partition coefficient (Wildman–Crippen LogP) is 2.41. The molecule has 0 fully saturated rings. The number of rotatable bonds is 10. The van der Waals surface area contributed by atoms with Gasteiger partial charge in [-0.1, -0.05) is 11.3 Å². The molecule has 2 rings (SSSR count). The van der Waals surface area contributed by atoms with Gasteiger partial charge in [-0.15, -0.1) is 0 Å². The summed E-state index contributed by atoms with van der Waals surface area (Å²) < 4.78 is 15.6. The van der Waals surface area contributed by atoms with Gasteiger partial charge >= 0.3 is 11.0 Å². The molecule has 0 atom stereocenters. The Morgan fingerprint density at radius 3 is 2.37 bits per heavy atom. The van der Waals surface area contributed by atoms with Gasteiger partial charge in [0.2, 0.25) is 0 Å². The van der Waals surface area contributed by atoms with Crippen molar-refractivity contribution in [3.8, 4) is 11.5 Å². The molecule has 9 nitrogen and oxygen atoms in total. The highest BCUT2D eigenvalue weighted by Gasteiger charge is 2.17. The monoisotopic (exact) mass is 394 g/mol. The number of nitrogens with zero attached hydrogens (tertiary/aromatic N) is 1. The molecule has 27 heavy (non-hydrogen) atoms. The first kappa shape index (κ1) is 20.2. The molecule has 0 unspecified atom stereocenters. The number of hydrogen-bond donors (Lipinski definition) is 1. The number of carbonyl (C=O) groups excluding carboxylic acids is 2. The molecular formula is C17H18N2O7S. The summed E-state index contributed by atoms with van der Waals surface area (Å²) in [5, 5.41) is 13.0. The summed E-state index contributed by atoms with van der Waals surface area (Å²) in [7, 11) is 0. The summed E-state index contributed by atoms with van der Waals surface area (Å²) in [6, 6.07) is 9.58. The third-order valence-electron chi connectivity index (χ3n) is 3.13. The number of esters is 1. The largest absolute Gasteiger partial charge is 0.494 e. The van der Waals surface area contributed by atoms with Crippen molar-refractivity contribution in [1.29, 1.82) is 0 Å². The van der Waals surface area contributed by atoms with E-state index in [-0.39, 0.29) is 23.0 Å². The van der Waals surface area contributed by atoms with Crippen LogP contribution in [0.2, 0.25) is 0 Å². The number of nitro groups is 1. The van der Waals surface area contributed by atoms with Crippen LogP contribution >= 0.6 is 11.3 Å². The lowest BCUT2D eigenvalue weighted by molar-refractivity contribution is -0.380. The van der Waals surface area contributed by atoms with Gasteiger partial charge in [0.15, 0.2) is 6.61 Å². The van der Waals surface area contributed by atoms with Gasteiger partial charge in [-0.05, 0) is 37.3 Å². The van der Waals surface area contributed by atoms with Gasteiger partial charge in [-0.3, -0.25) is 14.9 Å². The Hall–Kier alpha value is -3.14. The summed E-state index contributed by atoms with van der Waals surface area (Å²) >= 11 is 0.690. The third-order valence-corrected chi connectivity index (χ3v) is 4.15. The molecular weight excluding hydrogens is 376 g/mol. The molecule has 0 bridgehead atoms. The first-order chi connectivity index (χ1) is 13.0. The minimum absolute atomic E-state index is 0.0633. The van der Waals surface area contributed by atoms with Crippen LogP contribution in [0.3, 0.4) is 0 Å². The van der Waals surface area contributed by atoms with E-state index < -0.39 is 23.4 Å². The fraction of sp³-hybridized carbons (Fsp3) is 0.294. The highest BCUT2D eigenvalue weighted by molar-refractivity contribution is 7.17. The summed E-state index contributed by atoms with van der Waals surface area (Å²) in [4.78, 5) is 33.4. The van der Waals surface area contributed by atoms with Crippen molar-refractivity contribution in [3.63, 3.8) is 0 Å². The molecule has 10 heteroatoms. The number of carbonyl (C=O) groups is 2. The summed E-state index contributed by atoms with van der Waals surface area (Å²) in [5.74, 6) is 0.105. The van der Waals surface area contributed by atoms with E-state index in [1.807, 2.05) is 6.92 Å². The molecule has 1 N–H and O–H groups in total. The molecule has 0 saturated carbocycles. The molecule has 1 aromatic heterocycles. The molecule has 144 valence electrons. The zero-order valence-corrected chi connectivity index (χ0v) is 15.3. The molecule has 0 saturated heterocycles. The average Bonchev–Trinajstić information content (AvgIpc) is 3.15. The number of hydrogen-bond acceptors (Lipinski definition) is 8. The van der Waals surface area contributed by atoms with Crippen LogP contribution in [-0.4, -0.2) is 43.2 Å². The minimum atomic E-state index is -0.783. The third kappa shape index (κ3) is 6.59. The summed E-state index contributed by atoms with van der Waals surface area (Å²) in [6.45, 7) is 2.47. The number of nitrogens with one attached hydrogen (secondary N) is 1. The lowest BCUT2D eigenvalue weighted by Gasteiger charge is -2.09. The summed E-state index contributed by atoms with van der Waals surface area (Å²) in [5.41, 5.74) is 0. The highest BCUT2D eigenvalue weighted by Crippen LogP contribution is 2.24. The SMILES string of the molecule is CCOc1ccc(OCCNC(=O)COC(=O)c2ccc([N+](=O)[O-])s2)cc1. The van der Waals surface area contributed by atoms with Crippen molar-refractivity contribution >= 4 is 28.2 Å². The second-order valence-corrected chi connectivity index (χ2v) is 6.14. The Labute approximate surface area is 159 Å². The van der Waals surface area contributed by atoms with Crippen LogP contribution in [-0.2, 0) is 9.53 Å². The van der Waals surface area contributed by atoms with Gasteiger partial charge in [0.1, 0.15) is 23.0 Å². The quantitative estimate of drug-likeness (QED) is 0.285. The normalized spacial score (nSPS) is 10.1. The Morgan fingerprint density at radius 1 is 1.11 bits per heavy atom. The minimum Gasteiger partial charge on any atom is -0.494 e. The second-order valence-electron chi connectivity index (χ2n) is 5.07. The van der Waals surface area contributed by atoms with Crippen LogP contribution < -0.4 is 14.8 Å². The van der Waals surface area contributed by atoms with Crippen molar-refractivity contribution in [2.75, 3.05) is 26.4 Å². The van der Waals surface area contributed by atoms with Crippen molar-refractivity contribution in [2.24, 2.45) is 0 Å². The Bertz CT molecular complexity index is 789. The Balaban J connectivity index is 1.64. The van der Waals surface area contributed by atoms with Crippen molar-refractivity contribution < 1.29 is 28.7 Å². The van der Waals surface area contributed by atoms with E-state index in [1.54, 1.807) is 24.3 Å². The van der Waals surface area contributed by atoms with E-state index in [1.165, 1.54) is 12.1 Å². The van der Waals surface area contributed by atoms with Gasteiger partial charge in [-0.25, -0.2) is 4.79 Å². The van der Waals surface area contributed by atoms with E-state index >= 15 is 0 Å². The topological polar surface area (TPSA) is 117 Å². The maximum absolute atomic E-state index is 11.7. The van der Waals surface area contributed by atoms with Gasteiger partial charge < -0.3 is 19.5 Å². The predicted molar refractivity (Wildman–Crippen MR) is 97.4 cm³/mol. The van der Waals surface area contributed by atoms with Crippen LogP contribution in [0.25, 0.3) is 0 Å². The van der Waals surface area contributed by atoms with Crippen molar-refractivity contribution in [3.05, 3.63) is 51.4 Å². The van der Waals surface area contributed by atoms with Gasteiger partial charge in [0.25, 0.3) is 5.91 Å². The van der Waals surface area contributed by atoms with Crippen LogP contribution in [0.4, 0.5) is 5.00 Å². The summed E-state index contributed by atoms with van der Waals surface area (Å²) in [6.07, 6.45) is 0. The lowest BCUT2D eigenvalue weighted by atomic mass is 10.3. The zero-order chi connectivity index (χ0) is 19.6. The molecule has 1 heterocycles. The number of thiophene rings is 1. The number of ether oxygens (including phenoxy) is 3. The average molecular weight is 394 g/mol. The maximum Gasteiger partial charge on any atom is 0.349 e. The molecule has 0 aliphatic carbocycles. The standard InChI is InChI=1S/C17H18N2O7S/c1-2-24-12-3-5-13(6-4-12)25-10-9-18-15(20)11-26-17(21)14-7-8-16(27-14)19(22)23/h3-8H,2,9-11H2,1H3,(H,18,20). The molecule has 1 aromatic carbocycles. The molecule has 0 radical (unpaired) electrons. The van der Waals surface area contributed by atoms with E-state index in [0.717, 1.165) is 5.75 Å². The Morgan fingerprint density at radius 2 is 1.78 bits per heavy atom. The van der Waals surface area contributed by atoms with Gasteiger partial charge in [0.05, 0.1) is 18.1 Å². The molecule has 0 aliphatic rings. The smallest absolute Gasteiger partial charge is 0.349 e. The second kappa shape index (κ2) is 10.1. The molecule has 0 aliphatic heterocycles. The highest BCUT2D eigenvalue weighted by atomic mass is 32.1. The van der Waals surface area contributed by atoms with E-state index in [4.69, 9.17) is 14.2 Å². The van der Waals surface area contributed by atoms with E-state index in [2.05, 4.69) is 5.32 Å². The van der Waals surface area contributed by atoms with E-state index in [9.17, 15) is 19.7 Å². The van der Waals surface area contributed by atoms with Crippen molar-refractivity contribution in [2.45, 2.75) is 6.92 Å². The number of amides is 1. The fourth-order valence-corrected chi connectivity index (χ4v) is 2.66. The van der Waals surface area contributed by atoms with Crippen LogP contribution in [0.1, 0.15) is 16.6 Å². The maximum atomic E-state index is 11.7. The Kier molecular flexibility index (Phi) is 7.56. The number of benzene rings is 1. The van der Waals surface area contributed by atoms with Gasteiger partial charge in [-0.2, -0.15) is 0 Å². The molecule has 2 aromatic rings.